The molecule has 0 radical (unpaired) electrons. The summed E-state index contributed by atoms with van der Waals surface area (Å²) in [5.41, 5.74) is 2.49. The fourth-order valence-electron chi connectivity index (χ4n) is 4.02. The number of aliphatic hydroxyl groups excluding tert-OH is 1. The number of benzene rings is 1. The van der Waals surface area contributed by atoms with Crippen molar-refractivity contribution in [1.82, 2.24) is 19.9 Å². The summed E-state index contributed by atoms with van der Waals surface area (Å²) < 4.78 is 15.7. The van der Waals surface area contributed by atoms with Gasteiger partial charge in [-0.2, -0.15) is 0 Å². The number of aliphatic hydroxyl groups is 1. The first-order valence-electron chi connectivity index (χ1n) is 10.9. The zero-order valence-corrected chi connectivity index (χ0v) is 18.6. The third kappa shape index (κ3) is 4.99. The van der Waals surface area contributed by atoms with Gasteiger partial charge in [0.2, 0.25) is 5.95 Å². The van der Waals surface area contributed by atoms with Gasteiger partial charge < -0.3 is 20.7 Å². The lowest BCUT2D eigenvalue weighted by atomic mass is 9.99. The summed E-state index contributed by atoms with van der Waals surface area (Å²) in [6.45, 7) is 3.58. The van der Waals surface area contributed by atoms with Gasteiger partial charge in [-0.15, -0.1) is 0 Å². The fourth-order valence-corrected chi connectivity index (χ4v) is 4.02. The molecule has 172 valence electrons. The third-order valence-corrected chi connectivity index (χ3v) is 5.78. The van der Waals surface area contributed by atoms with Gasteiger partial charge in [0.15, 0.2) is 5.82 Å². The molecule has 0 bridgehead atoms. The summed E-state index contributed by atoms with van der Waals surface area (Å²) in [4.78, 5) is 23.0. The van der Waals surface area contributed by atoms with Crippen LogP contribution in [0.1, 0.15) is 30.5 Å². The van der Waals surface area contributed by atoms with E-state index in [1.807, 2.05) is 29.2 Å². The van der Waals surface area contributed by atoms with E-state index in [-0.39, 0.29) is 22.9 Å². The second kappa shape index (κ2) is 9.60. The Bertz CT molecular complexity index is 1210. The highest BCUT2D eigenvalue weighted by atomic mass is 19.1. The van der Waals surface area contributed by atoms with Crippen LogP contribution in [-0.4, -0.2) is 51.1 Å². The Morgan fingerprint density at radius 1 is 1.33 bits per heavy atom. The lowest BCUT2D eigenvalue weighted by molar-refractivity contribution is 0.203. The monoisotopic (exact) mass is 450 g/mol. The molecule has 1 aliphatic heterocycles. The van der Waals surface area contributed by atoms with Crippen molar-refractivity contribution >= 4 is 11.7 Å². The van der Waals surface area contributed by atoms with Crippen LogP contribution in [0, 0.1) is 11.2 Å². The molecule has 1 saturated heterocycles. The second-order valence-corrected chi connectivity index (χ2v) is 8.30. The van der Waals surface area contributed by atoms with Crippen molar-refractivity contribution in [3.63, 3.8) is 0 Å². The maximum Gasteiger partial charge on any atom is 0.255 e. The first-order chi connectivity index (χ1) is 15.8. The molecule has 8 nitrogen and oxygen atoms in total. The van der Waals surface area contributed by atoms with Gasteiger partial charge in [-0.1, -0.05) is 24.3 Å². The van der Waals surface area contributed by atoms with E-state index in [0.29, 0.717) is 37.7 Å². The number of anilines is 1. The first-order valence-corrected chi connectivity index (χ1v) is 10.9. The molecule has 0 spiro atoms. The molecule has 0 unspecified atom stereocenters. The molecule has 4 rings (SSSR count). The topological polar surface area (TPSA) is 107 Å². The standard InChI is InChI=1S/C24H27FN6O2/c1-15(32)11-20(26)16-3-5-17(6-4-16)22-14-31(10-9-28-22)24-29-21(12-23(33)30(24)2)18-7-8-27-13-19(18)25/h3-8,12-13,15,22,26,28,32H,9-11,14H2,1-2H3/t15-,22-/m1/s1. The number of halogens is 1. The lowest BCUT2D eigenvalue weighted by Crippen LogP contribution is -2.47. The molecule has 1 fully saturated rings. The molecule has 0 saturated carbocycles. The molecule has 1 aliphatic rings. The highest BCUT2D eigenvalue weighted by molar-refractivity contribution is 5.98. The van der Waals surface area contributed by atoms with E-state index in [9.17, 15) is 14.3 Å². The molecule has 2 aromatic heterocycles. The fraction of sp³-hybridized carbons (Fsp3) is 0.333. The molecule has 2 atom stereocenters. The summed E-state index contributed by atoms with van der Waals surface area (Å²) in [5, 5.41) is 21.1. The van der Waals surface area contributed by atoms with Gasteiger partial charge in [-0.05, 0) is 24.1 Å². The van der Waals surface area contributed by atoms with Crippen LogP contribution >= 0.6 is 0 Å². The van der Waals surface area contributed by atoms with Gasteiger partial charge >= 0.3 is 0 Å². The van der Waals surface area contributed by atoms with E-state index >= 15 is 0 Å². The van der Waals surface area contributed by atoms with Gasteiger partial charge in [-0.25, -0.2) is 9.37 Å². The smallest absolute Gasteiger partial charge is 0.255 e. The summed E-state index contributed by atoms with van der Waals surface area (Å²) >= 11 is 0. The van der Waals surface area contributed by atoms with Crippen LogP contribution in [0.15, 0.2) is 53.6 Å². The minimum Gasteiger partial charge on any atom is -0.393 e. The Balaban J connectivity index is 1.58. The minimum absolute atomic E-state index is 0.00281. The summed E-state index contributed by atoms with van der Waals surface area (Å²) in [5.74, 6) is -0.0424. The van der Waals surface area contributed by atoms with Gasteiger partial charge in [0.25, 0.3) is 5.56 Å². The quantitative estimate of drug-likeness (QED) is 0.498. The molecule has 0 aliphatic carbocycles. The van der Waals surface area contributed by atoms with Crippen LogP contribution in [0.25, 0.3) is 11.3 Å². The van der Waals surface area contributed by atoms with Crippen molar-refractivity contribution in [2.24, 2.45) is 7.05 Å². The third-order valence-electron chi connectivity index (χ3n) is 5.78. The number of hydrogen-bond donors (Lipinski definition) is 3. The second-order valence-electron chi connectivity index (χ2n) is 8.30. The molecule has 1 aromatic carbocycles. The summed E-state index contributed by atoms with van der Waals surface area (Å²) in [6.07, 6.45) is 2.34. The zero-order chi connectivity index (χ0) is 23.5. The van der Waals surface area contributed by atoms with E-state index in [1.165, 1.54) is 22.9 Å². The van der Waals surface area contributed by atoms with Crippen molar-refractivity contribution in [3.05, 3.63) is 76.1 Å². The Kier molecular flexibility index (Phi) is 6.62. The zero-order valence-electron chi connectivity index (χ0n) is 18.6. The van der Waals surface area contributed by atoms with E-state index in [0.717, 1.165) is 17.3 Å². The van der Waals surface area contributed by atoms with Crippen molar-refractivity contribution in [1.29, 1.82) is 5.41 Å². The highest BCUT2D eigenvalue weighted by Crippen LogP contribution is 2.24. The van der Waals surface area contributed by atoms with Crippen molar-refractivity contribution in [2.75, 3.05) is 24.5 Å². The van der Waals surface area contributed by atoms with E-state index in [2.05, 4.69) is 15.3 Å². The number of aromatic nitrogens is 3. The van der Waals surface area contributed by atoms with Crippen LogP contribution in [0.4, 0.5) is 10.3 Å². The maximum atomic E-state index is 14.3. The number of nitrogens with zero attached hydrogens (tertiary/aromatic N) is 4. The molecule has 33 heavy (non-hydrogen) atoms. The summed E-state index contributed by atoms with van der Waals surface area (Å²) in [7, 11) is 1.66. The number of hydrogen-bond acceptors (Lipinski definition) is 7. The lowest BCUT2D eigenvalue weighted by Gasteiger charge is -2.35. The molecule has 0 amide bonds. The predicted molar refractivity (Wildman–Crippen MR) is 125 cm³/mol. The molecule has 3 aromatic rings. The number of pyridine rings is 1. The van der Waals surface area contributed by atoms with Crippen LogP contribution in [0.3, 0.4) is 0 Å². The average molecular weight is 451 g/mol. The minimum atomic E-state index is -0.554. The van der Waals surface area contributed by atoms with Crippen molar-refractivity contribution in [2.45, 2.75) is 25.5 Å². The first kappa shape index (κ1) is 22.8. The Morgan fingerprint density at radius 3 is 2.79 bits per heavy atom. The van der Waals surface area contributed by atoms with Crippen LogP contribution in [-0.2, 0) is 7.05 Å². The molecule has 3 heterocycles. The van der Waals surface area contributed by atoms with Gasteiger partial charge in [0, 0.05) is 62.7 Å². The van der Waals surface area contributed by atoms with Gasteiger partial charge in [0.1, 0.15) is 0 Å². The highest BCUT2D eigenvalue weighted by Gasteiger charge is 2.24. The molecular weight excluding hydrogens is 423 g/mol. The van der Waals surface area contributed by atoms with Crippen molar-refractivity contribution < 1.29 is 9.50 Å². The van der Waals surface area contributed by atoms with Crippen molar-refractivity contribution in [3.8, 4) is 11.3 Å². The Hall–Kier alpha value is -3.43. The predicted octanol–water partition coefficient (Wildman–Crippen LogP) is 2.27. The van der Waals surface area contributed by atoms with E-state index < -0.39 is 11.9 Å². The van der Waals surface area contributed by atoms with Crippen LogP contribution in [0.5, 0.6) is 0 Å². The normalized spacial score (nSPS) is 17.1. The largest absolute Gasteiger partial charge is 0.393 e. The van der Waals surface area contributed by atoms with Gasteiger partial charge in [-0.3, -0.25) is 14.3 Å². The maximum absolute atomic E-state index is 14.3. The van der Waals surface area contributed by atoms with Gasteiger partial charge in [0.05, 0.1) is 18.0 Å². The van der Waals surface area contributed by atoms with E-state index in [4.69, 9.17) is 5.41 Å². The summed E-state index contributed by atoms with van der Waals surface area (Å²) in [6, 6.07) is 10.6. The number of piperazine rings is 1. The average Bonchev–Trinajstić information content (AvgIpc) is 2.81. The van der Waals surface area contributed by atoms with Crippen LogP contribution < -0.4 is 15.8 Å². The molecular formula is C24H27FN6O2. The van der Waals surface area contributed by atoms with E-state index in [1.54, 1.807) is 14.0 Å². The Labute approximate surface area is 191 Å². The number of nitrogens with one attached hydrogen (secondary N) is 2. The SMILES string of the molecule is C[C@@H](O)CC(=N)c1ccc([C@H]2CN(c3nc(-c4ccncc4F)cc(=O)n3C)CCN2)cc1. The van der Waals surface area contributed by atoms with Crippen LogP contribution in [0.2, 0.25) is 0 Å². The molecule has 3 N–H and O–H groups in total. The molecule has 9 heteroatoms. The Morgan fingerprint density at radius 2 is 2.09 bits per heavy atom. The number of rotatable bonds is 6.